The van der Waals surface area contributed by atoms with Gasteiger partial charge in [-0.3, -0.25) is 13.9 Å². The van der Waals surface area contributed by atoms with Gasteiger partial charge in [-0.25, -0.2) is 8.42 Å². The van der Waals surface area contributed by atoms with E-state index in [9.17, 15) is 31.2 Å². The second kappa shape index (κ2) is 12.2. The highest BCUT2D eigenvalue weighted by Gasteiger charge is 2.34. The van der Waals surface area contributed by atoms with Gasteiger partial charge in [-0.1, -0.05) is 49.7 Å². The number of nitrogens with zero attached hydrogens (tertiary/aromatic N) is 2. The molecule has 0 aliphatic rings. The largest absolute Gasteiger partial charge is 0.416 e. The summed E-state index contributed by atoms with van der Waals surface area (Å²) in [5, 5.41) is 2.76. The van der Waals surface area contributed by atoms with E-state index in [1.165, 1.54) is 11.0 Å². The van der Waals surface area contributed by atoms with Gasteiger partial charge in [0.05, 0.1) is 17.5 Å². The number of rotatable bonds is 11. The lowest BCUT2D eigenvalue weighted by molar-refractivity contribution is -0.140. The molecule has 0 unspecified atom stereocenters. The molecule has 2 aromatic carbocycles. The van der Waals surface area contributed by atoms with E-state index in [0.29, 0.717) is 23.3 Å². The monoisotopic (exact) mass is 527 g/mol. The normalized spacial score (nSPS) is 12.6. The SMILES string of the molecule is CCCNC(=O)[C@@H](CC)N(Cc1ccc(C)cc1)C(=O)CN(c1cccc(C(F)(F)F)c1)S(C)(=O)=O. The Bertz CT molecular complexity index is 1150. The van der Waals surface area contributed by atoms with Crippen LogP contribution in [-0.4, -0.2) is 50.5 Å². The topological polar surface area (TPSA) is 86.8 Å². The summed E-state index contributed by atoms with van der Waals surface area (Å²) in [5.41, 5.74) is 0.389. The predicted molar refractivity (Wildman–Crippen MR) is 133 cm³/mol. The van der Waals surface area contributed by atoms with Crippen LogP contribution in [0.5, 0.6) is 0 Å². The van der Waals surface area contributed by atoms with Gasteiger partial charge in [-0.2, -0.15) is 13.2 Å². The quantitative estimate of drug-likeness (QED) is 0.477. The molecule has 1 N–H and O–H groups in total. The van der Waals surface area contributed by atoms with Crippen LogP contribution in [0.3, 0.4) is 0 Å². The Morgan fingerprint density at radius 1 is 1.06 bits per heavy atom. The minimum Gasteiger partial charge on any atom is -0.354 e. The lowest BCUT2D eigenvalue weighted by Gasteiger charge is -2.33. The highest BCUT2D eigenvalue weighted by atomic mass is 32.2. The Morgan fingerprint density at radius 3 is 2.22 bits per heavy atom. The lowest BCUT2D eigenvalue weighted by Crippen LogP contribution is -2.52. The molecule has 0 spiro atoms. The first-order valence-electron chi connectivity index (χ1n) is 11.6. The molecule has 0 bridgehead atoms. The number of halogens is 3. The zero-order chi connectivity index (χ0) is 27.1. The molecule has 0 radical (unpaired) electrons. The number of hydrogen-bond acceptors (Lipinski definition) is 4. The fourth-order valence-corrected chi connectivity index (χ4v) is 4.47. The van der Waals surface area contributed by atoms with E-state index in [-0.39, 0.29) is 24.6 Å². The molecule has 11 heteroatoms. The molecule has 36 heavy (non-hydrogen) atoms. The first-order valence-corrected chi connectivity index (χ1v) is 13.4. The lowest BCUT2D eigenvalue weighted by atomic mass is 10.1. The smallest absolute Gasteiger partial charge is 0.354 e. The van der Waals surface area contributed by atoms with Gasteiger partial charge in [0.2, 0.25) is 21.8 Å². The molecular formula is C25H32F3N3O4S. The number of hydrogen-bond donors (Lipinski definition) is 1. The van der Waals surface area contributed by atoms with E-state index in [4.69, 9.17) is 0 Å². The maximum absolute atomic E-state index is 13.5. The summed E-state index contributed by atoms with van der Waals surface area (Å²) in [6, 6.07) is 10.2. The Hall–Kier alpha value is -3.08. The van der Waals surface area contributed by atoms with Gasteiger partial charge in [0.25, 0.3) is 0 Å². The molecule has 2 amide bonds. The molecule has 2 rings (SSSR count). The number of nitrogens with one attached hydrogen (secondary N) is 1. The van der Waals surface area contributed by atoms with Crippen LogP contribution in [0, 0.1) is 6.92 Å². The van der Waals surface area contributed by atoms with Crippen LogP contribution in [0.25, 0.3) is 0 Å². The van der Waals surface area contributed by atoms with Crippen LogP contribution >= 0.6 is 0 Å². The van der Waals surface area contributed by atoms with Crippen molar-refractivity contribution in [3.05, 3.63) is 65.2 Å². The fraction of sp³-hybridized carbons (Fsp3) is 0.440. The Kier molecular flexibility index (Phi) is 9.92. The van der Waals surface area contributed by atoms with E-state index in [1.54, 1.807) is 19.1 Å². The minimum atomic E-state index is -4.69. The van der Waals surface area contributed by atoms with E-state index >= 15 is 0 Å². The van der Waals surface area contributed by atoms with Gasteiger partial charge < -0.3 is 10.2 Å². The summed E-state index contributed by atoms with van der Waals surface area (Å²) in [6.07, 6.45) is -2.93. The molecule has 1 atom stereocenters. The van der Waals surface area contributed by atoms with Crippen molar-refractivity contribution in [3.8, 4) is 0 Å². The minimum absolute atomic E-state index is 0.0252. The van der Waals surface area contributed by atoms with Crippen molar-refractivity contribution < 1.29 is 31.2 Å². The van der Waals surface area contributed by atoms with E-state index in [1.807, 2.05) is 26.0 Å². The number of carbonyl (C=O) groups is 2. The van der Waals surface area contributed by atoms with Gasteiger partial charge in [0.1, 0.15) is 12.6 Å². The average molecular weight is 528 g/mol. The first-order chi connectivity index (χ1) is 16.8. The second-order valence-corrected chi connectivity index (χ2v) is 10.4. The van der Waals surface area contributed by atoms with Crippen molar-refractivity contribution in [2.45, 2.75) is 52.4 Å². The van der Waals surface area contributed by atoms with Gasteiger partial charge in [-0.15, -0.1) is 0 Å². The number of aryl methyl sites for hydroxylation is 1. The molecule has 0 fully saturated rings. The van der Waals surface area contributed by atoms with Crippen molar-refractivity contribution in [1.29, 1.82) is 0 Å². The van der Waals surface area contributed by atoms with Crippen LogP contribution in [0.1, 0.15) is 43.4 Å². The molecule has 0 aromatic heterocycles. The number of alkyl halides is 3. The van der Waals surface area contributed by atoms with Gasteiger partial charge >= 0.3 is 6.18 Å². The van der Waals surface area contributed by atoms with Crippen LogP contribution in [0.15, 0.2) is 48.5 Å². The number of sulfonamides is 1. The number of carbonyl (C=O) groups excluding carboxylic acids is 2. The average Bonchev–Trinajstić information content (AvgIpc) is 2.80. The molecule has 0 saturated heterocycles. The van der Waals surface area contributed by atoms with Crippen molar-refractivity contribution >= 4 is 27.5 Å². The van der Waals surface area contributed by atoms with Gasteiger partial charge in [0, 0.05) is 13.1 Å². The zero-order valence-electron chi connectivity index (χ0n) is 20.8. The standard InChI is InChI=1S/C25H32F3N3O4S/c1-5-14-29-24(33)22(6-2)30(16-19-12-10-18(3)11-13-19)23(32)17-31(36(4,34)35)21-9-7-8-20(15-21)25(26,27)28/h7-13,15,22H,5-6,14,16-17H2,1-4H3,(H,29,33)/t22-/m1/s1. The van der Waals surface area contributed by atoms with E-state index in [0.717, 1.165) is 29.5 Å². The number of anilines is 1. The summed E-state index contributed by atoms with van der Waals surface area (Å²) < 4.78 is 65.5. The highest BCUT2D eigenvalue weighted by Crippen LogP contribution is 2.32. The molecule has 0 saturated carbocycles. The van der Waals surface area contributed by atoms with Crippen LogP contribution < -0.4 is 9.62 Å². The molecule has 7 nitrogen and oxygen atoms in total. The summed E-state index contributed by atoms with van der Waals surface area (Å²) in [4.78, 5) is 27.7. The number of amides is 2. The Labute approximate surface area is 210 Å². The molecule has 0 heterocycles. The first kappa shape index (κ1) is 29.2. The van der Waals surface area contributed by atoms with E-state index in [2.05, 4.69) is 5.32 Å². The number of benzene rings is 2. The van der Waals surface area contributed by atoms with Crippen molar-refractivity contribution in [1.82, 2.24) is 10.2 Å². The van der Waals surface area contributed by atoms with Gasteiger partial charge in [-0.05, 0) is 43.5 Å². The Balaban J connectivity index is 2.46. The van der Waals surface area contributed by atoms with E-state index < -0.39 is 40.3 Å². The third-order valence-electron chi connectivity index (χ3n) is 5.55. The molecule has 0 aliphatic carbocycles. The summed E-state index contributed by atoms with van der Waals surface area (Å²) in [6.45, 7) is 5.18. The molecule has 0 aliphatic heterocycles. The highest BCUT2D eigenvalue weighted by molar-refractivity contribution is 7.92. The van der Waals surface area contributed by atoms with Crippen molar-refractivity contribution in [3.63, 3.8) is 0 Å². The van der Waals surface area contributed by atoms with Crippen molar-refractivity contribution in [2.75, 3.05) is 23.7 Å². The maximum Gasteiger partial charge on any atom is 0.416 e. The fourth-order valence-electron chi connectivity index (χ4n) is 3.63. The second-order valence-electron chi connectivity index (χ2n) is 8.54. The van der Waals surface area contributed by atoms with Crippen LogP contribution in [0.2, 0.25) is 0 Å². The third kappa shape index (κ3) is 7.97. The summed E-state index contributed by atoms with van der Waals surface area (Å²) in [7, 11) is -4.14. The van der Waals surface area contributed by atoms with Crippen LogP contribution in [0.4, 0.5) is 18.9 Å². The molecule has 2 aromatic rings. The molecular weight excluding hydrogens is 495 g/mol. The summed E-state index contributed by atoms with van der Waals surface area (Å²) >= 11 is 0. The third-order valence-corrected chi connectivity index (χ3v) is 6.69. The summed E-state index contributed by atoms with van der Waals surface area (Å²) in [5.74, 6) is -1.10. The maximum atomic E-state index is 13.5. The zero-order valence-corrected chi connectivity index (χ0v) is 21.6. The van der Waals surface area contributed by atoms with Crippen LogP contribution in [-0.2, 0) is 32.3 Å². The Morgan fingerprint density at radius 2 is 1.69 bits per heavy atom. The van der Waals surface area contributed by atoms with Crippen molar-refractivity contribution in [2.24, 2.45) is 0 Å². The predicted octanol–water partition coefficient (Wildman–Crippen LogP) is 4.11. The van der Waals surface area contributed by atoms with Gasteiger partial charge in [0.15, 0.2) is 0 Å². The molecule has 198 valence electrons.